The summed E-state index contributed by atoms with van der Waals surface area (Å²) >= 11 is 0. The number of rotatable bonds is 4. The van der Waals surface area contributed by atoms with Crippen molar-refractivity contribution in [3.8, 4) is 11.3 Å². The Hall–Kier alpha value is -1.61. The van der Waals surface area contributed by atoms with Gasteiger partial charge in [-0.15, -0.1) is 0 Å². The van der Waals surface area contributed by atoms with Crippen molar-refractivity contribution in [2.75, 3.05) is 0 Å². The van der Waals surface area contributed by atoms with E-state index in [1.54, 1.807) is 0 Å². The van der Waals surface area contributed by atoms with Gasteiger partial charge in [-0.3, -0.25) is 0 Å². The second-order valence-electron chi connectivity index (χ2n) is 4.82. The molecule has 96 valence electrons. The van der Waals surface area contributed by atoms with Gasteiger partial charge >= 0.3 is 0 Å². The number of hydrogen-bond donors (Lipinski definition) is 1. The minimum atomic E-state index is -0.233. The lowest BCUT2D eigenvalue weighted by molar-refractivity contribution is 0.473. The summed E-state index contributed by atoms with van der Waals surface area (Å²) in [6, 6.07) is 9.13. The highest BCUT2D eigenvalue weighted by molar-refractivity contribution is 5.58. The van der Waals surface area contributed by atoms with Crippen LogP contribution in [-0.2, 0) is 6.54 Å². The zero-order valence-corrected chi connectivity index (χ0v) is 11.0. The van der Waals surface area contributed by atoms with E-state index in [-0.39, 0.29) is 5.82 Å². The van der Waals surface area contributed by atoms with Crippen molar-refractivity contribution in [1.29, 1.82) is 0 Å². The summed E-state index contributed by atoms with van der Waals surface area (Å²) in [6.07, 6.45) is 0. The standard InChI is InChI=1S/C15H18FNO/c1-10(2)17-9-14-4-5-15(18-14)12-6-11(3)7-13(16)8-12/h4-8,10,17H,9H2,1-3H3. The van der Waals surface area contributed by atoms with Crippen molar-refractivity contribution < 1.29 is 8.81 Å². The summed E-state index contributed by atoms with van der Waals surface area (Å²) in [7, 11) is 0. The van der Waals surface area contributed by atoms with Crippen LogP contribution in [0.2, 0.25) is 0 Å². The lowest BCUT2D eigenvalue weighted by Crippen LogP contribution is -2.21. The Bertz CT molecular complexity index is 511. The van der Waals surface area contributed by atoms with Crippen LogP contribution in [0.3, 0.4) is 0 Å². The third-order valence-electron chi connectivity index (χ3n) is 2.67. The summed E-state index contributed by atoms with van der Waals surface area (Å²) in [6.45, 7) is 6.72. The molecule has 0 bridgehead atoms. The molecule has 1 aromatic carbocycles. The van der Waals surface area contributed by atoms with E-state index >= 15 is 0 Å². The van der Waals surface area contributed by atoms with Crippen LogP contribution in [0, 0.1) is 12.7 Å². The predicted molar refractivity (Wildman–Crippen MR) is 70.8 cm³/mol. The van der Waals surface area contributed by atoms with E-state index in [2.05, 4.69) is 19.2 Å². The molecule has 0 radical (unpaired) electrons. The Kier molecular flexibility index (Phi) is 3.82. The molecular weight excluding hydrogens is 229 g/mol. The fraction of sp³-hybridized carbons (Fsp3) is 0.333. The van der Waals surface area contributed by atoms with Crippen molar-refractivity contribution in [2.24, 2.45) is 0 Å². The highest BCUT2D eigenvalue weighted by atomic mass is 19.1. The number of aryl methyl sites for hydroxylation is 1. The van der Waals surface area contributed by atoms with Gasteiger partial charge < -0.3 is 9.73 Å². The maximum absolute atomic E-state index is 13.3. The van der Waals surface area contributed by atoms with Crippen LogP contribution in [-0.4, -0.2) is 6.04 Å². The summed E-state index contributed by atoms with van der Waals surface area (Å²) in [5.41, 5.74) is 1.67. The highest BCUT2D eigenvalue weighted by Crippen LogP contribution is 2.24. The van der Waals surface area contributed by atoms with Crippen LogP contribution in [0.15, 0.2) is 34.7 Å². The van der Waals surface area contributed by atoms with Gasteiger partial charge in [0, 0.05) is 11.6 Å². The molecule has 2 aromatic rings. The van der Waals surface area contributed by atoms with Crippen molar-refractivity contribution >= 4 is 0 Å². The first-order valence-corrected chi connectivity index (χ1v) is 6.14. The van der Waals surface area contributed by atoms with Gasteiger partial charge in [0.1, 0.15) is 17.3 Å². The zero-order chi connectivity index (χ0) is 13.1. The molecule has 1 aromatic heterocycles. The van der Waals surface area contributed by atoms with Gasteiger partial charge in [-0.25, -0.2) is 4.39 Å². The van der Waals surface area contributed by atoms with Crippen LogP contribution < -0.4 is 5.32 Å². The Morgan fingerprint density at radius 3 is 2.67 bits per heavy atom. The van der Waals surface area contributed by atoms with Crippen molar-refractivity contribution in [2.45, 2.75) is 33.4 Å². The first kappa shape index (κ1) is 12.8. The number of nitrogens with one attached hydrogen (secondary N) is 1. The first-order valence-electron chi connectivity index (χ1n) is 6.14. The topological polar surface area (TPSA) is 25.2 Å². The van der Waals surface area contributed by atoms with E-state index in [0.29, 0.717) is 18.3 Å². The van der Waals surface area contributed by atoms with E-state index in [4.69, 9.17) is 4.42 Å². The maximum atomic E-state index is 13.3. The Labute approximate surface area is 107 Å². The molecule has 0 amide bonds. The van der Waals surface area contributed by atoms with Gasteiger partial charge in [0.15, 0.2) is 0 Å². The van der Waals surface area contributed by atoms with Crippen LogP contribution in [0.4, 0.5) is 4.39 Å². The lowest BCUT2D eigenvalue weighted by Gasteiger charge is -2.05. The number of hydrogen-bond acceptors (Lipinski definition) is 2. The molecule has 1 N–H and O–H groups in total. The van der Waals surface area contributed by atoms with Crippen LogP contribution in [0.1, 0.15) is 25.2 Å². The monoisotopic (exact) mass is 247 g/mol. The Morgan fingerprint density at radius 1 is 1.22 bits per heavy atom. The van der Waals surface area contributed by atoms with Crippen LogP contribution in [0.5, 0.6) is 0 Å². The molecule has 0 aliphatic carbocycles. The largest absolute Gasteiger partial charge is 0.460 e. The van der Waals surface area contributed by atoms with Gasteiger partial charge in [-0.05, 0) is 42.8 Å². The molecule has 0 spiro atoms. The SMILES string of the molecule is Cc1cc(F)cc(-c2ccc(CNC(C)C)o2)c1. The molecule has 0 saturated carbocycles. The molecular formula is C15H18FNO. The number of furan rings is 1. The molecule has 1 heterocycles. The van der Waals surface area contributed by atoms with E-state index < -0.39 is 0 Å². The molecule has 2 nitrogen and oxygen atoms in total. The third kappa shape index (κ3) is 3.20. The third-order valence-corrected chi connectivity index (χ3v) is 2.67. The van der Waals surface area contributed by atoms with Crippen molar-refractivity contribution in [3.63, 3.8) is 0 Å². The van der Waals surface area contributed by atoms with E-state index in [1.807, 2.05) is 25.1 Å². The van der Waals surface area contributed by atoms with Gasteiger partial charge in [-0.2, -0.15) is 0 Å². The van der Waals surface area contributed by atoms with Crippen molar-refractivity contribution in [3.05, 3.63) is 47.5 Å². The van der Waals surface area contributed by atoms with Gasteiger partial charge in [0.05, 0.1) is 6.54 Å². The predicted octanol–water partition coefficient (Wildman–Crippen LogP) is 3.89. The summed E-state index contributed by atoms with van der Waals surface area (Å²) in [5.74, 6) is 1.34. The normalized spacial score (nSPS) is 11.2. The summed E-state index contributed by atoms with van der Waals surface area (Å²) in [5, 5.41) is 3.28. The second-order valence-corrected chi connectivity index (χ2v) is 4.82. The molecule has 0 aliphatic rings. The zero-order valence-electron chi connectivity index (χ0n) is 11.0. The van der Waals surface area contributed by atoms with Gasteiger partial charge in [-0.1, -0.05) is 13.8 Å². The average molecular weight is 247 g/mol. The quantitative estimate of drug-likeness (QED) is 0.886. The second kappa shape index (κ2) is 5.36. The lowest BCUT2D eigenvalue weighted by atomic mass is 10.1. The smallest absolute Gasteiger partial charge is 0.134 e. The van der Waals surface area contributed by atoms with Crippen molar-refractivity contribution in [1.82, 2.24) is 5.32 Å². The Balaban J connectivity index is 2.18. The molecule has 18 heavy (non-hydrogen) atoms. The first-order chi connectivity index (χ1) is 8.54. The summed E-state index contributed by atoms with van der Waals surface area (Å²) in [4.78, 5) is 0. The molecule has 3 heteroatoms. The van der Waals surface area contributed by atoms with E-state index in [9.17, 15) is 4.39 Å². The average Bonchev–Trinajstić information content (AvgIpc) is 2.73. The number of benzene rings is 1. The molecule has 0 unspecified atom stereocenters. The minimum Gasteiger partial charge on any atom is -0.460 e. The highest BCUT2D eigenvalue weighted by Gasteiger charge is 2.07. The van der Waals surface area contributed by atoms with E-state index in [0.717, 1.165) is 16.9 Å². The minimum absolute atomic E-state index is 0.233. The van der Waals surface area contributed by atoms with Gasteiger partial charge in [0.2, 0.25) is 0 Å². The fourth-order valence-corrected chi connectivity index (χ4v) is 1.81. The molecule has 0 aliphatic heterocycles. The molecule has 0 saturated heterocycles. The van der Waals surface area contributed by atoms with E-state index in [1.165, 1.54) is 12.1 Å². The fourth-order valence-electron chi connectivity index (χ4n) is 1.81. The summed E-state index contributed by atoms with van der Waals surface area (Å²) < 4.78 is 19.0. The molecule has 2 rings (SSSR count). The maximum Gasteiger partial charge on any atom is 0.134 e. The Morgan fingerprint density at radius 2 is 2.00 bits per heavy atom. The van der Waals surface area contributed by atoms with Crippen LogP contribution in [0.25, 0.3) is 11.3 Å². The van der Waals surface area contributed by atoms with Crippen LogP contribution >= 0.6 is 0 Å². The molecule has 0 fully saturated rings. The number of halogens is 1. The van der Waals surface area contributed by atoms with Gasteiger partial charge in [0.25, 0.3) is 0 Å². The molecule has 0 atom stereocenters.